The van der Waals surface area contributed by atoms with E-state index in [9.17, 15) is 4.79 Å². The van der Waals surface area contributed by atoms with E-state index >= 15 is 0 Å². The number of rotatable bonds is 6. The Bertz CT molecular complexity index is 712. The number of pyridine rings is 1. The van der Waals surface area contributed by atoms with E-state index in [1.165, 1.54) is 6.42 Å². The maximum Gasteiger partial charge on any atom is 0.272 e. The molecule has 1 amide bonds. The molecule has 1 saturated heterocycles. The van der Waals surface area contributed by atoms with Crippen LogP contribution in [0.3, 0.4) is 0 Å². The fourth-order valence-corrected chi connectivity index (χ4v) is 3.17. The van der Waals surface area contributed by atoms with Gasteiger partial charge in [-0.15, -0.1) is 0 Å². The zero-order valence-corrected chi connectivity index (χ0v) is 14.7. The fourth-order valence-electron chi connectivity index (χ4n) is 3.17. The Balaban J connectivity index is 1.59. The number of para-hydroxylation sites is 1. The highest BCUT2D eigenvalue weighted by Gasteiger charge is 2.19. The largest absolute Gasteiger partial charge is 0.496 e. The summed E-state index contributed by atoms with van der Waals surface area (Å²) in [4.78, 5) is 18.7. The van der Waals surface area contributed by atoms with E-state index < -0.39 is 0 Å². The number of benzene rings is 1. The average molecular weight is 339 g/mol. The quantitative estimate of drug-likeness (QED) is 0.877. The molecule has 1 aliphatic rings. The molecule has 25 heavy (non-hydrogen) atoms. The third-order valence-corrected chi connectivity index (χ3v) is 4.54. The van der Waals surface area contributed by atoms with Gasteiger partial charge >= 0.3 is 0 Å². The molecule has 0 bridgehead atoms. The van der Waals surface area contributed by atoms with Gasteiger partial charge in [-0.3, -0.25) is 9.78 Å². The lowest BCUT2D eigenvalue weighted by atomic mass is 10.1. The second-order valence-electron chi connectivity index (χ2n) is 6.27. The normalized spacial score (nSPS) is 14.2. The molecule has 1 aromatic heterocycles. The minimum atomic E-state index is 0.0353. The van der Waals surface area contributed by atoms with Crippen LogP contribution in [0.25, 0.3) is 0 Å². The molecule has 3 rings (SSSR count). The van der Waals surface area contributed by atoms with Crippen LogP contribution in [-0.4, -0.2) is 42.5 Å². The molecule has 0 saturated carbocycles. The Hall–Kier alpha value is -2.56. The Morgan fingerprint density at radius 3 is 2.80 bits per heavy atom. The number of likely N-dealkylation sites (tertiary alicyclic amines) is 1. The minimum absolute atomic E-state index is 0.0353. The van der Waals surface area contributed by atoms with Gasteiger partial charge in [0, 0.05) is 31.5 Å². The number of amides is 1. The molecular weight excluding hydrogens is 314 g/mol. The van der Waals surface area contributed by atoms with Crippen molar-refractivity contribution in [1.82, 2.24) is 9.88 Å². The van der Waals surface area contributed by atoms with Crippen molar-refractivity contribution in [2.75, 3.05) is 32.1 Å². The van der Waals surface area contributed by atoms with Crippen LogP contribution < -0.4 is 10.1 Å². The van der Waals surface area contributed by atoms with Crippen LogP contribution in [0.2, 0.25) is 0 Å². The molecule has 132 valence electrons. The first-order valence-electron chi connectivity index (χ1n) is 8.89. The summed E-state index contributed by atoms with van der Waals surface area (Å²) in [6.07, 6.45) is 5.93. The van der Waals surface area contributed by atoms with Crippen molar-refractivity contribution in [2.45, 2.75) is 25.7 Å². The number of methoxy groups -OCH3 is 1. The molecule has 5 heteroatoms. The van der Waals surface area contributed by atoms with Crippen molar-refractivity contribution in [2.24, 2.45) is 0 Å². The standard InChI is InChI=1S/C20H25N3O2/c1-25-19-8-4-3-7-16(19)9-11-21-17-10-12-22-18(15-17)20(24)23-13-5-2-6-14-23/h3-4,7-8,10,12,15H,2,5-6,9,11,13-14H2,1H3,(H,21,22). The maximum absolute atomic E-state index is 12.5. The summed E-state index contributed by atoms with van der Waals surface area (Å²) >= 11 is 0. The summed E-state index contributed by atoms with van der Waals surface area (Å²) in [5.41, 5.74) is 2.60. The van der Waals surface area contributed by atoms with Crippen LogP contribution in [0.4, 0.5) is 5.69 Å². The Kier molecular flexibility index (Phi) is 5.88. The van der Waals surface area contributed by atoms with Crippen LogP contribution in [0.5, 0.6) is 5.75 Å². The van der Waals surface area contributed by atoms with Gasteiger partial charge in [-0.1, -0.05) is 18.2 Å². The summed E-state index contributed by atoms with van der Waals surface area (Å²) < 4.78 is 5.38. The molecule has 0 spiro atoms. The molecule has 5 nitrogen and oxygen atoms in total. The molecule has 2 heterocycles. The summed E-state index contributed by atoms with van der Waals surface area (Å²) in [6.45, 7) is 2.44. The SMILES string of the molecule is COc1ccccc1CCNc1ccnc(C(=O)N2CCCCC2)c1. The number of hydrogen-bond acceptors (Lipinski definition) is 4. The number of carbonyl (C=O) groups is 1. The monoisotopic (exact) mass is 339 g/mol. The number of piperidine rings is 1. The number of anilines is 1. The summed E-state index contributed by atoms with van der Waals surface area (Å²) in [5.74, 6) is 0.938. The number of nitrogens with zero attached hydrogens (tertiary/aromatic N) is 2. The second-order valence-corrected chi connectivity index (χ2v) is 6.27. The maximum atomic E-state index is 12.5. The van der Waals surface area contributed by atoms with Gasteiger partial charge in [-0.2, -0.15) is 0 Å². The van der Waals surface area contributed by atoms with Crippen molar-refractivity contribution in [1.29, 1.82) is 0 Å². The summed E-state index contributed by atoms with van der Waals surface area (Å²) in [6, 6.07) is 11.8. The number of hydrogen-bond donors (Lipinski definition) is 1. The van der Waals surface area contributed by atoms with Gasteiger partial charge in [0.1, 0.15) is 11.4 Å². The smallest absolute Gasteiger partial charge is 0.272 e. The Morgan fingerprint density at radius 2 is 2.00 bits per heavy atom. The number of ether oxygens (including phenoxy) is 1. The molecule has 1 fully saturated rings. The van der Waals surface area contributed by atoms with Crippen molar-refractivity contribution < 1.29 is 9.53 Å². The van der Waals surface area contributed by atoms with Crippen molar-refractivity contribution in [3.63, 3.8) is 0 Å². The predicted octanol–water partition coefficient (Wildman–Crippen LogP) is 3.37. The number of nitrogens with one attached hydrogen (secondary N) is 1. The van der Waals surface area contributed by atoms with Crippen LogP contribution in [0, 0.1) is 0 Å². The molecule has 0 unspecified atom stereocenters. The fraction of sp³-hybridized carbons (Fsp3) is 0.400. The Morgan fingerprint density at radius 1 is 1.20 bits per heavy atom. The van der Waals surface area contributed by atoms with Crippen LogP contribution >= 0.6 is 0 Å². The third kappa shape index (κ3) is 4.50. The van der Waals surface area contributed by atoms with Gasteiger partial charge < -0.3 is 15.0 Å². The molecule has 0 aliphatic carbocycles. The van der Waals surface area contributed by atoms with E-state index in [1.807, 2.05) is 35.2 Å². The van der Waals surface area contributed by atoms with Crippen LogP contribution in [0.15, 0.2) is 42.6 Å². The summed E-state index contributed by atoms with van der Waals surface area (Å²) in [5, 5.41) is 3.38. The Labute approximate surface area is 149 Å². The lowest BCUT2D eigenvalue weighted by Crippen LogP contribution is -2.36. The molecule has 2 aromatic rings. The minimum Gasteiger partial charge on any atom is -0.496 e. The van der Waals surface area contributed by atoms with E-state index in [2.05, 4.69) is 16.4 Å². The number of carbonyl (C=O) groups excluding carboxylic acids is 1. The first-order valence-corrected chi connectivity index (χ1v) is 8.89. The summed E-state index contributed by atoms with van der Waals surface area (Å²) in [7, 11) is 1.69. The first-order chi connectivity index (χ1) is 12.3. The molecule has 1 N–H and O–H groups in total. The highest BCUT2D eigenvalue weighted by atomic mass is 16.5. The predicted molar refractivity (Wildman–Crippen MR) is 99.2 cm³/mol. The van der Waals surface area contributed by atoms with Gasteiger partial charge in [0.15, 0.2) is 0 Å². The number of aromatic nitrogens is 1. The lowest BCUT2D eigenvalue weighted by Gasteiger charge is -2.26. The highest BCUT2D eigenvalue weighted by Crippen LogP contribution is 2.18. The van der Waals surface area contributed by atoms with E-state index in [0.717, 1.165) is 55.9 Å². The topological polar surface area (TPSA) is 54.5 Å². The second kappa shape index (κ2) is 8.51. The zero-order valence-electron chi connectivity index (χ0n) is 14.7. The van der Waals surface area contributed by atoms with E-state index in [1.54, 1.807) is 13.3 Å². The van der Waals surface area contributed by atoms with Crippen molar-refractivity contribution >= 4 is 11.6 Å². The van der Waals surface area contributed by atoms with Gasteiger partial charge in [-0.05, 0) is 49.4 Å². The molecular formula is C20H25N3O2. The molecule has 1 aromatic carbocycles. The van der Waals surface area contributed by atoms with Crippen LogP contribution in [-0.2, 0) is 6.42 Å². The lowest BCUT2D eigenvalue weighted by molar-refractivity contribution is 0.0718. The van der Waals surface area contributed by atoms with Gasteiger partial charge in [0.05, 0.1) is 7.11 Å². The molecule has 0 radical (unpaired) electrons. The first kappa shape index (κ1) is 17.3. The van der Waals surface area contributed by atoms with Gasteiger partial charge in [0.2, 0.25) is 0 Å². The zero-order chi connectivity index (χ0) is 17.5. The highest BCUT2D eigenvalue weighted by molar-refractivity contribution is 5.93. The van der Waals surface area contributed by atoms with Crippen molar-refractivity contribution in [3.8, 4) is 5.75 Å². The van der Waals surface area contributed by atoms with E-state index in [0.29, 0.717) is 5.69 Å². The third-order valence-electron chi connectivity index (χ3n) is 4.54. The van der Waals surface area contributed by atoms with E-state index in [4.69, 9.17) is 4.74 Å². The molecule has 1 aliphatic heterocycles. The van der Waals surface area contributed by atoms with E-state index in [-0.39, 0.29) is 5.91 Å². The van der Waals surface area contributed by atoms with Gasteiger partial charge in [-0.25, -0.2) is 0 Å². The average Bonchev–Trinajstić information content (AvgIpc) is 2.69. The van der Waals surface area contributed by atoms with Crippen LogP contribution in [0.1, 0.15) is 35.3 Å². The van der Waals surface area contributed by atoms with Crippen molar-refractivity contribution in [3.05, 3.63) is 53.9 Å². The van der Waals surface area contributed by atoms with Gasteiger partial charge in [0.25, 0.3) is 5.91 Å². The molecule has 0 atom stereocenters.